The van der Waals surface area contributed by atoms with Crippen LogP contribution in [0.15, 0.2) is 48.5 Å². The first kappa shape index (κ1) is 13.7. The van der Waals surface area contributed by atoms with Crippen molar-refractivity contribution in [3.8, 4) is 11.5 Å². The third kappa shape index (κ3) is 3.65. The molecular formula is C15H16N2O3. The van der Waals surface area contributed by atoms with Crippen molar-refractivity contribution >= 4 is 11.6 Å². The second kappa shape index (κ2) is 6.47. The maximum atomic E-state index is 11.8. The summed E-state index contributed by atoms with van der Waals surface area (Å²) >= 11 is 0. The fourth-order valence-corrected chi connectivity index (χ4v) is 1.70. The van der Waals surface area contributed by atoms with E-state index in [2.05, 4.69) is 5.32 Å². The predicted molar refractivity (Wildman–Crippen MR) is 76.8 cm³/mol. The zero-order valence-electron chi connectivity index (χ0n) is 10.9. The summed E-state index contributed by atoms with van der Waals surface area (Å²) in [5.74, 6) is 0.280. The van der Waals surface area contributed by atoms with Gasteiger partial charge in [0.25, 0.3) is 5.91 Å². The van der Waals surface area contributed by atoms with Crippen molar-refractivity contribution in [2.24, 2.45) is 0 Å². The Morgan fingerprint density at radius 2 is 2.00 bits per heavy atom. The van der Waals surface area contributed by atoms with Gasteiger partial charge in [-0.25, -0.2) is 0 Å². The summed E-state index contributed by atoms with van der Waals surface area (Å²) in [7, 11) is 0. The van der Waals surface area contributed by atoms with Crippen LogP contribution in [0.3, 0.4) is 0 Å². The van der Waals surface area contributed by atoms with Gasteiger partial charge in [0, 0.05) is 11.8 Å². The molecule has 1 amide bonds. The number of aromatic hydroxyl groups is 1. The van der Waals surface area contributed by atoms with Crippen molar-refractivity contribution in [2.75, 3.05) is 18.9 Å². The molecule has 2 rings (SSSR count). The summed E-state index contributed by atoms with van der Waals surface area (Å²) in [5.41, 5.74) is 6.50. The number of anilines is 1. The molecule has 104 valence electrons. The lowest BCUT2D eigenvalue weighted by Gasteiger charge is -2.09. The first-order valence-corrected chi connectivity index (χ1v) is 6.21. The third-order valence-corrected chi connectivity index (χ3v) is 2.66. The summed E-state index contributed by atoms with van der Waals surface area (Å²) in [6.07, 6.45) is 0. The largest absolute Gasteiger partial charge is 0.507 e. The van der Waals surface area contributed by atoms with E-state index in [9.17, 15) is 9.90 Å². The van der Waals surface area contributed by atoms with Crippen molar-refractivity contribution in [1.82, 2.24) is 5.32 Å². The highest BCUT2D eigenvalue weighted by Gasteiger charge is 2.08. The number of para-hydroxylation sites is 1. The molecule has 0 saturated heterocycles. The third-order valence-electron chi connectivity index (χ3n) is 2.66. The molecule has 0 aliphatic carbocycles. The summed E-state index contributed by atoms with van der Waals surface area (Å²) in [4.78, 5) is 11.8. The number of hydrogen-bond donors (Lipinski definition) is 3. The van der Waals surface area contributed by atoms with Gasteiger partial charge in [-0.3, -0.25) is 4.79 Å². The molecule has 4 N–H and O–H groups in total. The van der Waals surface area contributed by atoms with E-state index >= 15 is 0 Å². The van der Waals surface area contributed by atoms with Crippen molar-refractivity contribution in [3.63, 3.8) is 0 Å². The van der Waals surface area contributed by atoms with E-state index < -0.39 is 0 Å². The molecule has 5 nitrogen and oxygen atoms in total. The fraction of sp³-hybridized carbons (Fsp3) is 0.133. The number of benzene rings is 2. The van der Waals surface area contributed by atoms with Crippen LogP contribution in [0.2, 0.25) is 0 Å². The number of nitrogens with two attached hydrogens (primary N) is 1. The fourth-order valence-electron chi connectivity index (χ4n) is 1.70. The second-order valence-corrected chi connectivity index (χ2v) is 4.19. The lowest BCUT2D eigenvalue weighted by Crippen LogP contribution is -2.28. The number of phenols is 1. The lowest BCUT2D eigenvalue weighted by molar-refractivity contribution is 0.0944. The van der Waals surface area contributed by atoms with E-state index in [1.165, 1.54) is 6.07 Å². The van der Waals surface area contributed by atoms with E-state index in [1.54, 1.807) is 42.5 Å². The monoisotopic (exact) mass is 272 g/mol. The smallest absolute Gasteiger partial charge is 0.255 e. The number of nitrogens with one attached hydrogen (secondary N) is 1. The first-order chi connectivity index (χ1) is 9.66. The Balaban J connectivity index is 1.79. The van der Waals surface area contributed by atoms with Gasteiger partial charge >= 0.3 is 0 Å². The minimum atomic E-state index is -0.334. The van der Waals surface area contributed by atoms with Gasteiger partial charge in [-0.1, -0.05) is 18.2 Å². The Morgan fingerprint density at radius 3 is 2.75 bits per heavy atom. The van der Waals surface area contributed by atoms with Crippen LogP contribution in [0.5, 0.6) is 11.5 Å². The minimum absolute atomic E-state index is 0.0400. The Kier molecular flexibility index (Phi) is 4.44. The molecule has 0 saturated carbocycles. The van der Waals surface area contributed by atoms with E-state index in [4.69, 9.17) is 10.5 Å². The average molecular weight is 272 g/mol. The maximum Gasteiger partial charge on any atom is 0.255 e. The van der Waals surface area contributed by atoms with Crippen LogP contribution in [-0.2, 0) is 0 Å². The van der Waals surface area contributed by atoms with Crippen LogP contribution in [-0.4, -0.2) is 24.2 Å². The summed E-state index contributed by atoms with van der Waals surface area (Å²) in [5, 5.41) is 12.2. The zero-order chi connectivity index (χ0) is 14.4. The molecule has 20 heavy (non-hydrogen) atoms. The van der Waals surface area contributed by atoms with Gasteiger partial charge in [-0.2, -0.15) is 0 Å². The van der Waals surface area contributed by atoms with Crippen LogP contribution < -0.4 is 15.8 Å². The number of hydrogen-bond acceptors (Lipinski definition) is 4. The van der Waals surface area contributed by atoms with Crippen LogP contribution in [0.25, 0.3) is 0 Å². The van der Waals surface area contributed by atoms with E-state index in [1.807, 2.05) is 0 Å². The van der Waals surface area contributed by atoms with E-state index in [0.29, 0.717) is 24.6 Å². The molecule has 5 heteroatoms. The topological polar surface area (TPSA) is 84.6 Å². The van der Waals surface area contributed by atoms with Gasteiger partial charge in [0.05, 0.1) is 12.1 Å². The highest BCUT2D eigenvalue weighted by molar-refractivity contribution is 5.96. The van der Waals surface area contributed by atoms with Crippen LogP contribution in [0.1, 0.15) is 10.4 Å². The molecule has 0 atom stereocenters. The summed E-state index contributed by atoms with van der Waals surface area (Å²) in [6, 6.07) is 13.5. The predicted octanol–water partition coefficient (Wildman–Crippen LogP) is 1.78. The maximum absolute atomic E-state index is 11.8. The van der Waals surface area contributed by atoms with Gasteiger partial charge in [-0.05, 0) is 24.3 Å². The Labute approximate surface area is 117 Å². The van der Waals surface area contributed by atoms with Crippen molar-refractivity contribution in [3.05, 3.63) is 54.1 Å². The number of phenolic OH excluding ortho intramolecular Hbond substituents is 1. The number of carbonyl (C=O) groups excluding carboxylic acids is 1. The quantitative estimate of drug-likeness (QED) is 0.572. The molecule has 0 radical (unpaired) electrons. The van der Waals surface area contributed by atoms with Crippen LogP contribution >= 0.6 is 0 Å². The van der Waals surface area contributed by atoms with Crippen LogP contribution in [0, 0.1) is 0 Å². The molecule has 0 bridgehead atoms. The summed E-state index contributed by atoms with van der Waals surface area (Å²) < 4.78 is 5.45. The average Bonchev–Trinajstić information content (AvgIpc) is 2.44. The van der Waals surface area contributed by atoms with Gasteiger partial charge in [-0.15, -0.1) is 0 Å². The molecule has 2 aromatic rings. The molecule has 0 fully saturated rings. The van der Waals surface area contributed by atoms with E-state index in [0.717, 1.165) is 0 Å². The van der Waals surface area contributed by atoms with Crippen molar-refractivity contribution in [2.45, 2.75) is 0 Å². The standard InChI is InChI=1S/C15H16N2O3/c16-11-4-3-5-12(10-11)20-9-8-17-15(19)13-6-1-2-7-14(13)18/h1-7,10,18H,8-9,16H2,(H,17,19). The first-order valence-electron chi connectivity index (χ1n) is 6.21. The highest BCUT2D eigenvalue weighted by Crippen LogP contribution is 2.15. The van der Waals surface area contributed by atoms with Crippen molar-refractivity contribution in [1.29, 1.82) is 0 Å². The van der Waals surface area contributed by atoms with Gasteiger partial charge in [0.15, 0.2) is 0 Å². The molecule has 0 aliphatic rings. The van der Waals surface area contributed by atoms with Gasteiger partial charge in [0.2, 0.25) is 0 Å². The zero-order valence-corrected chi connectivity index (χ0v) is 10.9. The summed E-state index contributed by atoms with van der Waals surface area (Å²) in [6.45, 7) is 0.657. The molecule has 0 heterocycles. The molecule has 0 unspecified atom stereocenters. The minimum Gasteiger partial charge on any atom is -0.507 e. The van der Waals surface area contributed by atoms with Crippen LogP contribution in [0.4, 0.5) is 5.69 Å². The SMILES string of the molecule is Nc1cccc(OCCNC(=O)c2ccccc2O)c1. The number of rotatable bonds is 5. The van der Waals surface area contributed by atoms with E-state index in [-0.39, 0.29) is 17.2 Å². The molecular weight excluding hydrogens is 256 g/mol. The molecule has 0 aliphatic heterocycles. The number of carbonyl (C=O) groups is 1. The van der Waals surface area contributed by atoms with Crippen molar-refractivity contribution < 1.29 is 14.6 Å². The molecule has 2 aromatic carbocycles. The number of amides is 1. The number of ether oxygens (including phenoxy) is 1. The normalized spacial score (nSPS) is 10.0. The Bertz CT molecular complexity index is 599. The molecule has 0 aromatic heterocycles. The number of nitrogen functional groups attached to an aromatic ring is 1. The second-order valence-electron chi connectivity index (χ2n) is 4.19. The van der Waals surface area contributed by atoms with Gasteiger partial charge < -0.3 is 20.9 Å². The Morgan fingerprint density at radius 1 is 1.20 bits per heavy atom. The highest BCUT2D eigenvalue weighted by atomic mass is 16.5. The Hall–Kier alpha value is -2.69. The van der Waals surface area contributed by atoms with Gasteiger partial charge in [0.1, 0.15) is 18.1 Å². The lowest BCUT2D eigenvalue weighted by atomic mass is 10.2. The molecule has 0 spiro atoms.